The van der Waals surface area contributed by atoms with E-state index in [0.29, 0.717) is 84.7 Å². The summed E-state index contributed by atoms with van der Waals surface area (Å²) in [5.74, 6) is 3.31. The molecule has 0 amide bonds. The van der Waals surface area contributed by atoms with Crippen LogP contribution in [0, 0.1) is 11.5 Å². The van der Waals surface area contributed by atoms with Gasteiger partial charge in [0.1, 0.15) is 0 Å². The summed E-state index contributed by atoms with van der Waals surface area (Å²) in [6.07, 6.45) is 0.127. The fraction of sp³-hybridized carbons (Fsp3) is 0.818. The summed E-state index contributed by atoms with van der Waals surface area (Å²) in [7, 11) is -1.37. The Morgan fingerprint density at radius 2 is 1.94 bits per heavy atom. The molecule has 94 valence electrons. The third-order valence-corrected chi connectivity index (χ3v) is 23.7. The predicted octanol–water partition coefficient (Wildman–Crippen LogP) is -0.526. The van der Waals surface area contributed by atoms with Gasteiger partial charge in [-0.15, -0.1) is 0 Å². The maximum absolute atomic E-state index is 9.44. The van der Waals surface area contributed by atoms with Crippen molar-refractivity contribution in [3.8, 4) is 11.5 Å². The van der Waals surface area contributed by atoms with E-state index in [9.17, 15) is 5.11 Å². The Morgan fingerprint density at radius 3 is 2.39 bits per heavy atom. The molecule has 5 atom stereocenters. The van der Waals surface area contributed by atoms with Gasteiger partial charge in [-0.2, -0.15) is 0 Å². The second-order valence-electron chi connectivity index (χ2n) is 5.73. The van der Waals surface area contributed by atoms with Crippen LogP contribution in [0.15, 0.2) is 0 Å². The van der Waals surface area contributed by atoms with Crippen molar-refractivity contribution in [2.24, 2.45) is 0 Å². The molecule has 1 fully saturated rings. The van der Waals surface area contributed by atoms with Gasteiger partial charge in [0.25, 0.3) is 0 Å². The van der Waals surface area contributed by atoms with Crippen LogP contribution in [0.1, 0.15) is 0 Å². The Hall–Kier alpha value is 2.42. The average Bonchev–Trinajstić information content (AvgIpc) is 2.29. The summed E-state index contributed by atoms with van der Waals surface area (Å²) < 4.78 is 13.0. The second kappa shape index (κ2) is 8.16. The van der Waals surface area contributed by atoms with Crippen molar-refractivity contribution < 1.29 is 12.5 Å². The van der Waals surface area contributed by atoms with Crippen molar-refractivity contribution in [2.45, 2.75) is 44.9 Å². The number of hydrogen-bond acceptors (Lipinski definition) is 3. The van der Waals surface area contributed by atoms with E-state index in [2.05, 4.69) is 31.1 Å². The van der Waals surface area contributed by atoms with Crippen LogP contribution in [-0.4, -0.2) is 116 Å². The van der Waals surface area contributed by atoms with E-state index >= 15 is 0 Å². The molecule has 0 bridgehead atoms. The SMILES string of the molecule is C[Si](C)(C)C#C[C@H]1O[C@H](CO)[C@@H]([TlH])[C@H]([TlH])[C@@H]1[O][Tl]. The number of aliphatic hydroxyl groups excluding tert-OH is 1. The summed E-state index contributed by atoms with van der Waals surface area (Å²) in [4.78, 5) is 0. The van der Waals surface area contributed by atoms with Gasteiger partial charge in [0, 0.05) is 0 Å². The Labute approximate surface area is 159 Å². The molecule has 3 nitrogen and oxygen atoms in total. The molecule has 18 heavy (non-hydrogen) atoms. The van der Waals surface area contributed by atoms with E-state index in [4.69, 9.17) is 7.42 Å². The Bertz CT molecular complexity index is 337. The van der Waals surface area contributed by atoms with Crippen molar-refractivity contribution in [3.05, 3.63) is 0 Å². The standard InChI is InChI=1S/C11H17O3Si.3Tl.2H/c1-15(2,3)7-6-11-10(13)5-4-9(8-12)14-11;;;;;/h4-5,9-12H,8H2,1-3H3;;;;;/q-1;;;+1;;/t9-,10-,11+;;;;;/m0...../s1. The fourth-order valence-electron chi connectivity index (χ4n) is 1.87. The number of ether oxygens (including phenoxy) is 1. The van der Waals surface area contributed by atoms with Gasteiger partial charge in [-0.3, -0.25) is 0 Å². The van der Waals surface area contributed by atoms with Crippen molar-refractivity contribution in [2.75, 3.05) is 6.61 Å². The summed E-state index contributed by atoms with van der Waals surface area (Å²) >= 11 is 1.83. The first-order valence-electron chi connectivity index (χ1n) is 6.11. The van der Waals surface area contributed by atoms with Crippen LogP contribution in [0.5, 0.6) is 0 Å². The van der Waals surface area contributed by atoms with Crippen LogP contribution in [-0.2, 0) is 7.42 Å². The van der Waals surface area contributed by atoms with Crippen LogP contribution < -0.4 is 0 Å². The van der Waals surface area contributed by atoms with E-state index in [1.807, 2.05) is 0 Å². The minimum atomic E-state index is -1.37. The first-order chi connectivity index (χ1) is 8.30. The molecule has 0 unspecified atom stereocenters. The summed E-state index contributed by atoms with van der Waals surface area (Å²) in [6, 6.07) is 0. The van der Waals surface area contributed by atoms with Crippen molar-refractivity contribution >= 4 is 85.8 Å². The molecular weight excluding hydrogens is 821 g/mol. The molecule has 1 heterocycles. The molecule has 1 N–H and O–H groups in total. The molecule has 1 aliphatic rings. The quantitative estimate of drug-likeness (QED) is 0.301. The van der Waals surface area contributed by atoms with Gasteiger partial charge in [-0.25, -0.2) is 0 Å². The molecule has 0 aliphatic carbocycles. The molecule has 0 aromatic rings. The molecule has 0 aromatic heterocycles. The van der Waals surface area contributed by atoms with E-state index in [1.165, 1.54) is 0 Å². The monoisotopic (exact) mass is 842 g/mol. The fourth-order valence-corrected chi connectivity index (χ4v) is 11.8. The first kappa shape index (κ1) is 18.5. The summed E-state index contributed by atoms with van der Waals surface area (Å²) in [6.45, 7) is 6.86. The summed E-state index contributed by atoms with van der Waals surface area (Å²) in [5.41, 5.74) is 3.39. The van der Waals surface area contributed by atoms with Gasteiger partial charge in [-0.1, -0.05) is 0 Å². The zero-order valence-corrected chi connectivity index (χ0v) is 27.8. The van der Waals surface area contributed by atoms with E-state index < -0.39 is 8.07 Å². The predicted molar refractivity (Wildman–Crippen MR) is 79.3 cm³/mol. The molecule has 1 aliphatic heterocycles. The minimum absolute atomic E-state index is 0.0215. The number of aliphatic hydroxyl groups is 1. The third-order valence-electron chi connectivity index (χ3n) is 3.00. The number of rotatable bonds is 2. The van der Waals surface area contributed by atoms with Crippen LogP contribution in [0.3, 0.4) is 0 Å². The van der Waals surface area contributed by atoms with Gasteiger partial charge in [0.05, 0.1) is 0 Å². The zero-order valence-electron chi connectivity index (χ0n) is 11.3. The molecule has 1 saturated heterocycles. The topological polar surface area (TPSA) is 38.7 Å². The molecular formula is C11H19O3SiTl3. The molecule has 0 saturated carbocycles. The van der Waals surface area contributed by atoms with Crippen LogP contribution in [0.2, 0.25) is 26.6 Å². The van der Waals surface area contributed by atoms with Gasteiger partial charge in [0.15, 0.2) is 0 Å². The van der Waals surface area contributed by atoms with Crippen LogP contribution >= 0.6 is 0 Å². The van der Waals surface area contributed by atoms with Crippen molar-refractivity contribution in [3.63, 3.8) is 0 Å². The summed E-state index contributed by atoms with van der Waals surface area (Å²) in [5, 5.41) is 9.44. The Morgan fingerprint density at radius 1 is 1.33 bits per heavy atom. The third kappa shape index (κ3) is 5.32. The Kier molecular flexibility index (Phi) is 8.37. The van der Waals surface area contributed by atoms with Gasteiger partial charge < -0.3 is 0 Å². The van der Waals surface area contributed by atoms with Gasteiger partial charge >= 0.3 is 161 Å². The maximum atomic E-state index is 9.44. The van der Waals surface area contributed by atoms with E-state index in [0.717, 1.165) is 0 Å². The van der Waals surface area contributed by atoms with Gasteiger partial charge in [0.2, 0.25) is 0 Å². The van der Waals surface area contributed by atoms with Crippen molar-refractivity contribution in [1.82, 2.24) is 0 Å². The van der Waals surface area contributed by atoms with Crippen LogP contribution in [0.4, 0.5) is 0 Å². The van der Waals surface area contributed by atoms with E-state index in [1.54, 1.807) is 0 Å². The first-order valence-corrected chi connectivity index (χ1v) is 17.8. The molecule has 0 aromatic carbocycles. The zero-order chi connectivity index (χ0) is 13.9. The van der Waals surface area contributed by atoms with Crippen LogP contribution in [0.25, 0.3) is 0 Å². The molecule has 0 spiro atoms. The van der Waals surface area contributed by atoms with Crippen molar-refractivity contribution in [1.29, 1.82) is 0 Å². The second-order valence-corrected chi connectivity index (χ2v) is 18.9. The molecule has 0 radical (unpaired) electrons. The normalized spacial score (nSPS) is 36.6. The molecule has 7 heteroatoms. The average molecular weight is 841 g/mol. The van der Waals surface area contributed by atoms with Gasteiger partial charge in [-0.05, 0) is 0 Å². The molecule has 1 rings (SSSR count). The Balaban J connectivity index is 2.89. The number of hydrogen-bond donors (Lipinski definition) is 1. The van der Waals surface area contributed by atoms with E-state index in [-0.39, 0.29) is 24.9 Å².